The van der Waals surface area contributed by atoms with Crippen LogP contribution in [0.25, 0.3) is 0 Å². The summed E-state index contributed by atoms with van der Waals surface area (Å²) in [6, 6.07) is 7.71. The average molecular weight is 267 g/mol. The van der Waals surface area contributed by atoms with E-state index in [1.165, 1.54) is 0 Å². The Balaban J connectivity index is 2.83. The summed E-state index contributed by atoms with van der Waals surface area (Å²) in [6.45, 7) is 10.5. The molecule has 0 unspecified atom stereocenters. The van der Waals surface area contributed by atoms with Crippen molar-refractivity contribution < 1.29 is 9.53 Å². The molecule has 1 aromatic carbocycles. The molecule has 0 fully saturated rings. The van der Waals surface area contributed by atoms with Crippen LogP contribution in [0, 0.1) is 5.41 Å². The molecular weight excluding hydrogens is 242 g/mol. The summed E-state index contributed by atoms with van der Waals surface area (Å²) in [4.78, 5) is 0. The minimum atomic E-state index is -1.56. The largest absolute Gasteiger partial charge is 0.544 e. The van der Waals surface area contributed by atoms with Crippen LogP contribution >= 0.6 is 0 Å². The molecule has 0 aliphatic heterocycles. The predicted octanol–water partition coefficient (Wildman–Crippen LogP) is 2.92. The Bertz CT molecular complexity index is 382. The van der Waals surface area contributed by atoms with Gasteiger partial charge in [-0.25, -0.2) is 0 Å². The molecule has 0 saturated heterocycles. The molecule has 18 heavy (non-hydrogen) atoms. The van der Waals surface area contributed by atoms with E-state index < -0.39 is 8.32 Å². The molecule has 0 radical (unpaired) electrons. The standard InChI is InChI=1S/C14H25NO2Si/c1-14(2,10-16)13(15)11-6-8-12(9-7-11)17-18(3,4)5/h6-9,13,16H,10,15H2,1-5H3/t13-/m1/s1. The van der Waals surface area contributed by atoms with Crippen molar-refractivity contribution in [3.63, 3.8) is 0 Å². The van der Waals surface area contributed by atoms with E-state index in [0.717, 1.165) is 11.3 Å². The Morgan fingerprint density at radius 3 is 2.11 bits per heavy atom. The van der Waals surface area contributed by atoms with Gasteiger partial charge in [-0.2, -0.15) is 0 Å². The van der Waals surface area contributed by atoms with Gasteiger partial charge in [0.1, 0.15) is 5.75 Å². The summed E-state index contributed by atoms with van der Waals surface area (Å²) in [5.74, 6) is 0.895. The lowest BCUT2D eigenvalue weighted by molar-refractivity contribution is 0.132. The molecule has 3 N–H and O–H groups in total. The van der Waals surface area contributed by atoms with Crippen molar-refractivity contribution >= 4 is 8.32 Å². The van der Waals surface area contributed by atoms with Crippen molar-refractivity contribution in [2.75, 3.05) is 6.61 Å². The van der Waals surface area contributed by atoms with Crippen LogP contribution in [0.1, 0.15) is 25.5 Å². The van der Waals surface area contributed by atoms with Crippen LogP contribution in [0.3, 0.4) is 0 Å². The number of rotatable bonds is 5. The zero-order chi connectivity index (χ0) is 14.0. The van der Waals surface area contributed by atoms with Crippen LogP contribution in [0.4, 0.5) is 0 Å². The van der Waals surface area contributed by atoms with E-state index in [1.807, 2.05) is 38.1 Å². The fourth-order valence-electron chi connectivity index (χ4n) is 1.65. The lowest BCUT2D eigenvalue weighted by Crippen LogP contribution is -2.32. The van der Waals surface area contributed by atoms with Crippen molar-refractivity contribution in [1.82, 2.24) is 0 Å². The van der Waals surface area contributed by atoms with E-state index in [1.54, 1.807) is 0 Å². The smallest absolute Gasteiger partial charge is 0.242 e. The molecule has 0 aliphatic carbocycles. The zero-order valence-corrected chi connectivity index (χ0v) is 13.0. The van der Waals surface area contributed by atoms with Gasteiger partial charge in [0.15, 0.2) is 0 Å². The maximum absolute atomic E-state index is 9.33. The first-order valence-electron chi connectivity index (χ1n) is 6.31. The summed E-state index contributed by atoms with van der Waals surface area (Å²) in [5.41, 5.74) is 6.88. The number of hydrogen-bond donors (Lipinski definition) is 2. The molecule has 0 spiro atoms. The highest BCUT2D eigenvalue weighted by Gasteiger charge is 2.27. The van der Waals surface area contributed by atoms with Gasteiger partial charge in [-0.15, -0.1) is 0 Å². The van der Waals surface area contributed by atoms with E-state index in [9.17, 15) is 5.11 Å². The van der Waals surface area contributed by atoms with Crippen LogP contribution < -0.4 is 10.2 Å². The van der Waals surface area contributed by atoms with Crippen LogP contribution in [0.2, 0.25) is 19.6 Å². The number of aliphatic hydroxyl groups excluding tert-OH is 1. The highest BCUT2D eigenvalue weighted by Crippen LogP contribution is 2.31. The molecule has 0 saturated carbocycles. The Labute approximate surface area is 111 Å². The summed E-state index contributed by atoms with van der Waals surface area (Å²) in [5, 5.41) is 9.33. The molecule has 0 amide bonds. The molecule has 0 heterocycles. The van der Waals surface area contributed by atoms with E-state index >= 15 is 0 Å². The fraction of sp³-hybridized carbons (Fsp3) is 0.571. The zero-order valence-electron chi connectivity index (χ0n) is 12.0. The maximum atomic E-state index is 9.33. The molecule has 1 aromatic rings. The number of hydrogen-bond acceptors (Lipinski definition) is 3. The van der Waals surface area contributed by atoms with Crippen molar-refractivity contribution in [3.8, 4) is 5.75 Å². The molecule has 102 valence electrons. The quantitative estimate of drug-likeness (QED) is 0.807. The molecule has 4 heteroatoms. The predicted molar refractivity (Wildman–Crippen MR) is 78.2 cm³/mol. The normalized spacial score (nSPS) is 14.4. The molecule has 1 atom stereocenters. The third-order valence-corrected chi connectivity index (χ3v) is 3.76. The molecule has 0 bridgehead atoms. The molecule has 1 rings (SSSR count). The summed E-state index contributed by atoms with van der Waals surface area (Å²) >= 11 is 0. The lowest BCUT2D eigenvalue weighted by Gasteiger charge is -2.30. The van der Waals surface area contributed by atoms with Crippen molar-refractivity contribution in [3.05, 3.63) is 29.8 Å². The second-order valence-corrected chi connectivity index (χ2v) is 10.8. The minimum Gasteiger partial charge on any atom is -0.544 e. The van der Waals surface area contributed by atoms with Gasteiger partial charge in [0.2, 0.25) is 8.32 Å². The van der Waals surface area contributed by atoms with Crippen molar-refractivity contribution in [2.24, 2.45) is 11.1 Å². The molecule has 3 nitrogen and oxygen atoms in total. The Morgan fingerprint density at radius 1 is 1.22 bits per heavy atom. The van der Waals surface area contributed by atoms with Crippen LogP contribution in [0.15, 0.2) is 24.3 Å². The van der Waals surface area contributed by atoms with Gasteiger partial charge < -0.3 is 15.3 Å². The second-order valence-electron chi connectivity index (χ2n) is 6.41. The number of benzene rings is 1. The minimum absolute atomic E-state index is 0.0708. The van der Waals surface area contributed by atoms with E-state index in [0.29, 0.717) is 0 Å². The van der Waals surface area contributed by atoms with Gasteiger partial charge in [-0.1, -0.05) is 26.0 Å². The maximum Gasteiger partial charge on any atom is 0.242 e. The SMILES string of the molecule is CC(C)(CO)[C@H](N)c1ccc(O[Si](C)(C)C)cc1. The monoisotopic (exact) mass is 267 g/mol. The fourth-order valence-corrected chi connectivity index (χ4v) is 2.49. The molecule has 0 aromatic heterocycles. The lowest BCUT2D eigenvalue weighted by atomic mass is 9.82. The van der Waals surface area contributed by atoms with E-state index in [-0.39, 0.29) is 18.1 Å². The Hall–Kier alpha value is -0.843. The highest BCUT2D eigenvalue weighted by molar-refractivity contribution is 6.70. The first-order chi connectivity index (χ1) is 8.15. The van der Waals surface area contributed by atoms with Gasteiger partial charge in [-0.3, -0.25) is 0 Å². The van der Waals surface area contributed by atoms with Crippen LogP contribution in [-0.2, 0) is 0 Å². The van der Waals surface area contributed by atoms with Crippen LogP contribution in [0.5, 0.6) is 5.75 Å². The second kappa shape index (κ2) is 5.43. The van der Waals surface area contributed by atoms with Crippen LogP contribution in [-0.4, -0.2) is 20.0 Å². The van der Waals surface area contributed by atoms with Crippen molar-refractivity contribution in [2.45, 2.75) is 39.5 Å². The van der Waals surface area contributed by atoms with Gasteiger partial charge in [-0.05, 0) is 37.3 Å². The molecule has 0 aliphatic rings. The topological polar surface area (TPSA) is 55.5 Å². The summed E-state index contributed by atoms with van der Waals surface area (Å²) in [6.07, 6.45) is 0. The third-order valence-electron chi connectivity index (χ3n) is 2.91. The summed E-state index contributed by atoms with van der Waals surface area (Å²) in [7, 11) is -1.56. The Morgan fingerprint density at radius 2 is 1.72 bits per heavy atom. The van der Waals surface area contributed by atoms with Gasteiger partial charge in [0, 0.05) is 18.1 Å². The van der Waals surface area contributed by atoms with Gasteiger partial charge >= 0.3 is 0 Å². The first kappa shape index (κ1) is 15.2. The number of aliphatic hydroxyl groups is 1. The van der Waals surface area contributed by atoms with E-state index in [4.69, 9.17) is 10.2 Å². The van der Waals surface area contributed by atoms with E-state index in [2.05, 4.69) is 19.6 Å². The third kappa shape index (κ3) is 4.12. The van der Waals surface area contributed by atoms with Crippen molar-refractivity contribution in [1.29, 1.82) is 0 Å². The highest BCUT2D eigenvalue weighted by atomic mass is 28.4. The average Bonchev–Trinajstić information content (AvgIpc) is 2.27. The molecular formula is C14H25NO2Si. The van der Waals surface area contributed by atoms with Gasteiger partial charge in [0.05, 0.1) is 0 Å². The van der Waals surface area contributed by atoms with Gasteiger partial charge in [0.25, 0.3) is 0 Å². The first-order valence-corrected chi connectivity index (χ1v) is 9.72. The Kier molecular flexibility index (Phi) is 4.59. The summed E-state index contributed by atoms with van der Waals surface area (Å²) < 4.78 is 5.90. The number of nitrogens with two attached hydrogens (primary N) is 1.